The second kappa shape index (κ2) is 10.3. The Kier molecular flexibility index (Phi) is 7.72. The molecule has 8 nitrogen and oxygen atoms in total. The van der Waals surface area contributed by atoms with Crippen LogP contribution in [0, 0.1) is 5.82 Å². The summed E-state index contributed by atoms with van der Waals surface area (Å²) in [6, 6.07) is 8.99. The summed E-state index contributed by atoms with van der Waals surface area (Å²) < 4.78 is 39.5. The Morgan fingerprint density at radius 3 is 2.55 bits per heavy atom. The molecule has 0 aromatic heterocycles. The third-order valence-corrected chi connectivity index (χ3v) is 6.87. The summed E-state index contributed by atoms with van der Waals surface area (Å²) in [7, 11) is -4.22. The van der Waals surface area contributed by atoms with E-state index in [0.717, 1.165) is 5.56 Å². The number of nitrogens with one attached hydrogen (secondary N) is 1. The molecule has 1 aliphatic rings. The fourth-order valence-corrected chi connectivity index (χ4v) is 4.93. The van der Waals surface area contributed by atoms with Crippen molar-refractivity contribution in [3.05, 3.63) is 70.5 Å². The summed E-state index contributed by atoms with van der Waals surface area (Å²) in [4.78, 5) is 27.5. The standard InChI is InChI=1S/C22H24ClFN4O4S/c1-15-13-27(14-16-2-6-19(24)7-3-16)10-11-28(15)21(29)9-4-17-12-18(23)5-8-20(17)33(31,32)26-22(25)30/h2-9,12,15H,10-11,13-14H2,1H3,(H3,25,26,30). The molecular formula is C22H24ClFN4O4S. The molecule has 0 radical (unpaired) electrons. The zero-order valence-electron chi connectivity index (χ0n) is 17.9. The number of urea groups is 1. The molecular weight excluding hydrogens is 471 g/mol. The molecule has 1 saturated heterocycles. The van der Waals surface area contributed by atoms with Gasteiger partial charge in [-0.05, 0) is 54.5 Å². The third-order valence-electron chi connectivity index (χ3n) is 5.22. The molecule has 1 atom stereocenters. The molecule has 1 unspecified atom stereocenters. The highest BCUT2D eigenvalue weighted by Gasteiger charge is 2.26. The van der Waals surface area contributed by atoms with Crippen LogP contribution in [0.4, 0.5) is 9.18 Å². The molecule has 3 amide bonds. The Morgan fingerprint density at radius 1 is 1.21 bits per heavy atom. The van der Waals surface area contributed by atoms with E-state index in [1.54, 1.807) is 21.8 Å². The van der Waals surface area contributed by atoms with Crippen molar-refractivity contribution in [2.75, 3.05) is 19.6 Å². The number of primary amides is 1. The van der Waals surface area contributed by atoms with E-state index in [-0.39, 0.29) is 33.2 Å². The van der Waals surface area contributed by atoms with Crippen molar-refractivity contribution in [3.8, 4) is 0 Å². The van der Waals surface area contributed by atoms with Gasteiger partial charge < -0.3 is 10.6 Å². The molecule has 176 valence electrons. The SMILES string of the molecule is CC1CN(Cc2ccc(F)cc2)CCN1C(=O)C=Cc1cc(Cl)ccc1S(=O)(=O)NC(N)=O. The fraction of sp³-hybridized carbons (Fsp3) is 0.273. The van der Waals surface area contributed by atoms with Crippen LogP contribution in [-0.4, -0.2) is 55.8 Å². The Bertz CT molecular complexity index is 1170. The number of rotatable bonds is 6. The third kappa shape index (κ3) is 6.53. The number of sulfonamides is 1. The van der Waals surface area contributed by atoms with Crippen LogP contribution in [0.15, 0.2) is 53.4 Å². The van der Waals surface area contributed by atoms with Gasteiger partial charge in [0.1, 0.15) is 5.82 Å². The van der Waals surface area contributed by atoms with E-state index in [4.69, 9.17) is 17.3 Å². The van der Waals surface area contributed by atoms with Gasteiger partial charge in [0.05, 0.1) is 4.90 Å². The van der Waals surface area contributed by atoms with Crippen molar-refractivity contribution in [1.29, 1.82) is 0 Å². The van der Waals surface area contributed by atoms with Gasteiger partial charge in [0.2, 0.25) is 5.91 Å². The summed E-state index contributed by atoms with van der Waals surface area (Å²) >= 11 is 5.99. The van der Waals surface area contributed by atoms with Crippen molar-refractivity contribution < 1.29 is 22.4 Å². The van der Waals surface area contributed by atoms with Crippen LogP contribution >= 0.6 is 11.6 Å². The maximum atomic E-state index is 13.1. The van der Waals surface area contributed by atoms with Crippen molar-refractivity contribution in [2.45, 2.75) is 24.4 Å². The van der Waals surface area contributed by atoms with Gasteiger partial charge in [0.15, 0.2) is 0 Å². The largest absolute Gasteiger partial charge is 0.351 e. The Morgan fingerprint density at radius 2 is 1.91 bits per heavy atom. The number of halogens is 2. The summed E-state index contributed by atoms with van der Waals surface area (Å²) in [5, 5.41) is 0.267. The van der Waals surface area contributed by atoms with Gasteiger partial charge >= 0.3 is 6.03 Å². The van der Waals surface area contributed by atoms with Crippen molar-refractivity contribution in [2.24, 2.45) is 5.73 Å². The molecule has 0 spiro atoms. The van der Waals surface area contributed by atoms with Crippen molar-refractivity contribution in [1.82, 2.24) is 14.5 Å². The molecule has 0 bridgehead atoms. The smallest absolute Gasteiger partial charge is 0.326 e. The lowest BCUT2D eigenvalue weighted by Gasteiger charge is -2.39. The minimum Gasteiger partial charge on any atom is -0.351 e. The Hall–Kier alpha value is -2.95. The number of nitrogens with two attached hydrogens (primary N) is 1. The second-order valence-corrected chi connectivity index (χ2v) is 9.81. The molecule has 33 heavy (non-hydrogen) atoms. The van der Waals surface area contributed by atoms with E-state index in [2.05, 4.69) is 4.90 Å². The van der Waals surface area contributed by atoms with E-state index in [0.29, 0.717) is 26.2 Å². The Balaban J connectivity index is 1.69. The number of hydrogen-bond acceptors (Lipinski definition) is 5. The van der Waals surface area contributed by atoms with Gasteiger partial charge in [-0.15, -0.1) is 0 Å². The van der Waals surface area contributed by atoms with Gasteiger partial charge in [-0.3, -0.25) is 9.69 Å². The van der Waals surface area contributed by atoms with Crippen LogP contribution in [0.25, 0.3) is 6.08 Å². The van der Waals surface area contributed by atoms with Gasteiger partial charge in [-0.2, -0.15) is 0 Å². The maximum absolute atomic E-state index is 13.1. The number of hydrogen-bond donors (Lipinski definition) is 2. The minimum absolute atomic E-state index is 0.0876. The van der Waals surface area contributed by atoms with Crippen LogP contribution in [0.1, 0.15) is 18.1 Å². The molecule has 3 N–H and O–H groups in total. The lowest BCUT2D eigenvalue weighted by atomic mass is 10.1. The zero-order chi connectivity index (χ0) is 24.2. The zero-order valence-corrected chi connectivity index (χ0v) is 19.4. The van der Waals surface area contributed by atoms with E-state index in [1.807, 2.05) is 6.92 Å². The molecule has 11 heteroatoms. The second-order valence-electron chi connectivity index (χ2n) is 7.73. The first kappa shape index (κ1) is 24.7. The molecule has 0 saturated carbocycles. The lowest BCUT2D eigenvalue weighted by Crippen LogP contribution is -2.53. The predicted molar refractivity (Wildman–Crippen MR) is 123 cm³/mol. The maximum Gasteiger partial charge on any atom is 0.326 e. The van der Waals surface area contributed by atoms with E-state index >= 15 is 0 Å². The van der Waals surface area contributed by atoms with Gasteiger partial charge in [0, 0.05) is 43.3 Å². The first-order chi connectivity index (χ1) is 15.5. The average Bonchev–Trinajstić information content (AvgIpc) is 2.73. The van der Waals surface area contributed by atoms with Crippen LogP contribution in [-0.2, 0) is 21.4 Å². The number of piperazine rings is 1. The molecule has 1 aliphatic heterocycles. The molecule has 1 heterocycles. The van der Waals surface area contributed by atoms with Gasteiger partial charge in [0.25, 0.3) is 10.0 Å². The van der Waals surface area contributed by atoms with Gasteiger partial charge in [-0.25, -0.2) is 22.3 Å². The fourth-order valence-electron chi connectivity index (χ4n) is 3.69. The number of carbonyl (C=O) groups is 2. The highest BCUT2D eigenvalue weighted by atomic mass is 35.5. The van der Waals surface area contributed by atoms with Crippen molar-refractivity contribution >= 4 is 39.6 Å². The molecule has 2 aromatic rings. The normalized spacial score (nSPS) is 17.3. The van der Waals surface area contributed by atoms with E-state index in [1.165, 1.54) is 42.5 Å². The molecule has 3 rings (SSSR count). The highest BCUT2D eigenvalue weighted by molar-refractivity contribution is 7.90. The summed E-state index contributed by atoms with van der Waals surface area (Å²) in [6.45, 7) is 4.33. The average molecular weight is 495 g/mol. The number of amides is 3. The quantitative estimate of drug-likeness (QED) is 0.599. The topological polar surface area (TPSA) is 113 Å². The first-order valence-electron chi connectivity index (χ1n) is 10.1. The number of nitrogens with zero attached hydrogens (tertiary/aromatic N) is 2. The first-order valence-corrected chi connectivity index (χ1v) is 12.0. The monoisotopic (exact) mass is 494 g/mol. The molecule has 1 fully saturated rings. The summed E-state index contributed by atoms with van der Waals surface area (Å²) in [5.74, 6) is -0.564. The van der Waals surface area contributed by atoms with Crippen LogP contribution in [0.2, 0.25) is 5.02 Å². The minimum atomic E-state index is -4.22. The van der Waals surface area contributed by atoms with E-state index < -0.39 is 16.1 Å². The predicted octanol–water partition coefficient (Wildman–Crippen LogP) is 2.58. The molecule has 0 aliphatic carbocycles. The van der Waals surface area contributed by atoms with E-state index in [9.17, 15) is 22.4 Å². The number of carbonyl (C=O) groups excluding carboxylic acids is 2. The highest BCUT2D eigenvalue weighted by Crippen LogP contribution is 2.22. The van der Waals surface area contributed by atoms with Crippen molar-refractivity contribution in [3.63, 3.8) is 0 Å². The summed E-state index contributed by atoms with van der Waals surface area (Å²) in [6.07, 6.45) is 2.63. The summed E-state index contributed by atoms with van der Waals surface area (Å²) in [5.41, 5.74) is 6.08. The number of benzene rings is 2. The van der Waals surface area contributed by atoms with Gasteiger partial charge in [-0.1, -0.05) is 23.7 Å². The van der Waals surface area contributed by atoms with Crippen LogP contribution in [0.3, 0.4) is 0 Å². The Labute approximate surface area is 196 Å². The van der Waals surface area contributed by atoms with Crippen LogP contribution in [0.5, 0.6) is 0 Å². The lowest BCUT2D eigenvalue weighted by molar-refractivity contribution is -0.130. The van der Waals surface area contributed by atoms with Crippen LogP contribution < -0.4 is 10.5 Å². The molecule has 2 aromatic carbocycles.